The first-order valence-electron chi connectivity index (χ1n) is 9.64. The molecule has 0 radical (unpaired) electrons. The number of ether oxygens (including phenoxy) is 2. The lowest BCUT2D eigenvalue weighted by Crippen LogP contribution is -2.53. The number of nitrogens with zero attached hydrogens (tertiary/aromatic N) is 1. The second-order valence-electron chi connectivity index (χ2n) is 7.44. The first-order valence-corrected chi connectivity index (χ1v) is 9.64. The van der Waals surface area contributed by atoms with Crippen LogP contribution in [-0.2, 0) is 9.53 Å². The monoisotopic (exact) mass is 358 g/mol. The van der Waals surface area contributed by atoms with Gasteiger partial charge in [0.15, 0.2) is 6.61 Å². The highest BCUT2D eigenvalue weighted by Gasteiger charge is 2.45. The van der Waals surface area contributed by atoms with Crippen molar-refractivity contribution in [3.63, 3.8) is 0 Å². The van der Waals surface area contributed by atoms with E-state index in [2.05, 4.69) is 5.32 Å². The number of amides is 2. The number of nitrogens with one attached hydrogen (secondary N) is 1. The summed E-state index contributed by atoms with van der Waals surface area (Å²) in [5.74, 6) is 0.939. The lowest BCUT2D eigenvalue weighted by Gasteiger charge is -2.39. The third-order valence-electron chi connectivity index (χ3n) is 5.75. The summed E-state index contributed by atoms with van der Waals surface area (Å²) < 4.78 is 11.2. The quantitative estimate of drug-likeness (QED) is 0.874. The molecule has 6 nitrogen and oxygen atoms in total. The van der Waals surface area contributed by atoms with Crippen molar-refractivity contribution >= 4 is 11.8 Å². The van der Waals surface area contributed by atoms with Crippen molar-refractivity contribution < 1.29 is 19.1 Å². The Kier molecular flexibility index (Phi) is 5.11. The molecule has 3 aliphatic rings. The van der Waals surface area contributed by atoms with Crippen LogP contribution in [0, 0.1) is 5.92 Å². The first kappa shape index (κ1) is 17.3. The Hall–Kier alpha value is -2.08. The molecule has 1 aromatic carbocycles. The van der Waals surface area contributed by atoms with Gasteiger partial charge in [-0.25, -0.2) is 0 Å². The van der Waals surface area contributed by atoms with Crippen molar-refractivity contribution in [2.24, 2.45) is 5.92 Å². The smallest absolute Gasteiger partial charge is 0.260 e. The summed E-state index contributed by atoms with van der Waals surface area (Å²) in [5.41, 5.74) is 0.565. The number of piperidine rings is 1. The van der Waals surface area contributed by atoms with Gasteiger partial charge in [-0.1, -0.05) is 6.07 Å². The van der Waals surface area contributed by atoms with Crippen molar-refractivity contribution in [1.82, 2.24) is 10.2 Å². The summed E-state index contributed by atoms with van der Waals surface area (Å²) in [7, 11) is 0. The molecule has 3 atom stereocenters. The Morgan fingerprint density at radius 3 is 2.88 bits per heavy atom. The third-order valence-corrected chi connectivity index (χ3v) is 5.75. The predicted octanol–water partition coefficient (Wildman–Crippen LogP) is 1.99. The minimum absolute atomic E-state index is 0.0151. The maximum Gasteiger partial charge on any atom is 0.260 e. The average molecular weight is 358 g/mol. The zero-order valence-electron chi connectivity index (χ0n) is 15.0. The molecule has 2 heterocycles. The summed E-state index contributed by atoms with van der Waals surface area (Å²) in [5, 5.41) is 3.10. The fourth-order valence-electron chi connectivity index (χ4n) is 4.12. The minimum atomic E-state index is -0.0897. The van der Waals surface area contributed by atoms with Gasteiger partial charge in [0.05, 0.1) is 6.10 Å². The highest BCUT2D eigenvalue weighted by Crippen LogP contribution is 2.38. The van der Waals surface area contributed by atoms with Crippen LogP contribution < -0.4 is 10.1 Å². The molecule has 6 heteroatoms. The number of rotatable bonds is 5. The molecule has 4 rings (SSSR count). The van der Waals surface area contributed by atoms with Gasteiger partial charge in [0, 0.05) is 37.2 Å². The van der Waals surface area contributed by atoms with E-state index in [1.807, 2.05) is 4.90 Å². The molecule has 0 aromatic heterocycles. The second kappa shape index (κ2) is 7.66. The molecule has 0 bridgehead atoms. The Morgan fingerprint density at radius 1 is 1.23 bits per heavy atom. The van der Waals surface area contributed by atoms with Gasteiger partial charge in [0.1, 0.15) is 5.75 Å². The molecular formula is C20H26N2O4. The molecule has 0 spiro atoms. The zero-order chi connectivity index (χ0) is 17.9. The van der Waals surface area contributed by atoms with Gasteiger partial charge in [-0.05, 0) is 50.3 Å². The van der Waals surface area contributed by atoms with Crippen LogP contribution in [0.3, 0.4) is 0 Å². The van der Waals surface area contributed by atoms with Gasteiger partial charge < -0.3 is 19.7 Å². The predicted molar refractivity (Wildman–Crippen MR) is 96.1 cm³/mol. The number of fused-ring (bicyclic) bond motifs is 1. The molecule has 3 fully saturated rings. The molecular weight excluding hydrogens is 332 g/mol. The van der Waals surface area contributed by atoms with Gasteiger partial charge in [0.2, 0.25) is 0 Å². The van der Waals surface area contributed by atoms with E-state index in [1.54, 1.807) is 24.3 Å². The average Bonchev–Trinajstić information content (AvgIpc) is 3.05. The van der Waals surface area contributed by atoms with E-state index in [4.69, 9.17) is 9.47 Å². The summed E-state index contributed by atoms with van der Waals surface area (Å²) >= 11 is 0. The van der Waals surface area contributed by atoms with E-state index >= 15 is 0 Å². The molecule has 1 aromatic rings. The normalized spacial score (nSPS) is 27.4. The van der Waals surface area contributed by atoms with E-state index in [-0.39, 0.29) is 24.5 Å². The first-order chi connectivity index (χ1) is 12.7. The maximum atomic E-state index is 12.5. The van der Waals surface area contributed by atoms with Crippen LogP contribution in [0.1, 0.15) is 42.5 Å². The van der Waals surface area contributed by atoms with Gasteiger partial charge in [0.25, 0.3) is 11.8 Å². The van der Waals surface area contributed by atoms with Crippen molar-refractivity contribution in [3.05, 3.63) is 29.8 Å². The minimum Gasteiger partial charge on any atom is -0.484 e. The summed E-state index contributed by atoms with van der Waals surface area (Å²) in [6.07, 6.45) is 5.58. The summed E-state index contributed by atoms with van der Waals surface area (Å²) in [6.45, 7) is 2.46. The standard InChI is InChI=1S/C20H26N2O4/c23-19(22-8-2-1-3-9-22)13-26-15-6-4-5-14(11-15)20(24)21-17-12-18-16(17)7-10-25-18/h4-6,11,16-18H,1-3,7-10,12-13H2,(H,21,24)/t16-,17+,18+/m0/s1. The Bertz CT molecular complexity index is 672. The third kappa shape index (κ3) is 3.70. The number of benzene rings is 1. The van der Waals surface area contributed by atoms with Crippen LogP contribution in [0.5, 0.6) is 5.75 Å². The van der Waals surface area contributed by atoms with Gasteiger partial charge in [-0.15, -0.1) is 0 Å². The lowest BCUT2D eigenvalue weighted by molar-refractivity contribution is -0.134. The Labute approximate surface area is 153 Å². The molecule has 1 aliphatic carbocycles. The number of hydrogen-bond acceptors (Lipinski definition) is 4. The highest BCUT2D eigenvalue weighted by molar-refractivity contribution is 5.94. The fraction of sp³-hybridized carbons (Fsp3) is 0.600. The van der Waals surface area contributed by atoms with Crippen LogP contribution in [0.2, 0.25) is 0 Å². The largest absolute Gasteiger partial charge is 0.484 e. The van der Waals surface area contributed by atoms with E-state index < -0.39 is 0 Å². The van der Waals surface area contributed by atoms with E-state index in [1.165, 1.54) is 6.42 Å². The van der Waals surface area contributed by atoms with E-state index in [0.29, 0.717) is 23.3 Å². The highest BCUT2D eigenvalue weighted by atomic mass is 16.5. The van der Waals surface area contributed by atoms with Crippen LogP contribution in [0.15, 0.2) is 24.3 Å². The van der Waals surface area contributed by atoms with Crippen LogP contribution >= 0.6 is 0 Å². The SMILES string of the molecule is O=C(N[C@@H]1C[C@H]2OCC[C@@H]12)c1cccc(OCC(=O)N2CCCCC2)c1. The zero-order valence-corrected chi connectivity index (χ0v) is 15.0. The van der Waals surface area contributed by atoms with Crippen LogP contribution in [0.25, 0.3) is 0 Å². The van der Waals surface area contributed by atoms with E-state index in [0.717, 1.165) is 45.4 Å². The fourth-order valence-corrected chi connectivity index (χ4v) is 4.12. The molecule has 26 heavy (non-hydrogen) atoms. The molecule has 2 amide bonds. The summed E-state index contributed by atoms with van der Waals surface area (Å²) in [6, 6.07) is 7.26. The van der Waals surface area contributed by atoms with Crippen molar-refractivity contribution in [3.8, 4) is 5.75 Å². The number of carbonyl (C=O) groups excluding carboxylic acids is 2. The topological polar surface area (TPSA) is 67.9 Å². The molecule has 140 valence electrons. The Balaban J connectivity index is 1.29. The molecule has 1 saturated carbocycles. The van der Waals surface area contributed by atoms with Crippen molar-refractivity contribution in [2.45, 2.75) is 44.2 Å². The van der Waals surface area contributed by atoms with E-state index in [9.17, 15) is 9.59 Å². The molecule has 2 saturated heterocycles. The van der Waals surface area contributed by atoms with Gasteiger partial charge in [-0.2, -0.15) is 0 Å². The molecule has 2 aliphatic heterocycles. The van der Waals surface area contributed by atoms with Crippen LogP contribution in [-0.4, -0.2) is 55.2 Å². The van der Waals surface area contributed by atoms with Gasteiger partial charge in [-0.3, -0.25) is 9.59 Å². The Morgan fingerprint density at radius 2 is 2.08 bits per heavy atom. The number of carbonyl (C=O) groups is 2. The van der Waals surface area contributed by atoms with Crippen LogP contribution in [0.4, 0.5) is 0 Å². The molecule has 1 N–H and O–H groups in total. The van der Waals surface area contributed by atoms with Crippen molar-refractivity contribution in [2.75, 3.05) is 26.3 Å². The van der Waals surface area contributed by atoms with Crippen molar-refractivity contribution in [1.29, 1.82) is 0 Å². The summed E-state index contributed by atoms with van der Waals surface area (Å²) in [4.78, 5) is 26.5. The van der Waals surface area contributed by atoms with Gasteiger partial charge >= 0.3 is 0 Å². The maximum absolute atomic E-state index is 12.5. The molecule has 0 unspecified atom stereocenters. The number of likely N-dealkylation sites (tertiary alicyclic amines) is 1. The number of hydrogen-bond donors (Lipinski definition) is 1. The second-order valence-corrected chi connectivity index (χ2v) is 7.44. The lowest BCUT2D eigenvalue weighted by atomic mass is 9.76.